The van der Waals surface area contributed by atoms with E-state index in [1.54, 1.807) is 12.0 Å². The highest BCUT2D eigenvalue weighted by atomic mass is 79.9. The molecule has 0 saturated carbocycles. The first-order valence-electron chi connectivity index (χ1n) is 11.0. The molecule has 3 aromatic rings. The van der Waals surface area contributed by atoms with Crippen LogP contribution in [0.15, 0.2) is 87.2 Å². The van der Waals surface area contributed by atoms with Crippen molar-refractivity contribution in [3.8, 4) is 11.5 Å². The van der Waals surface area contributed by atoms with Crippen LogP contribution in [0.4, 0.5) is 5.69 Å². The summed E-state index contributed by atoms with van der Waals surface area (Å²) in [6.07, 6.45) is 2.73. The van der Waals surface area contributed by atoms with Crippen molar-refractivity contribution < 1.29 is 14.3 Å². The zero-order chi connectivity index (χ0) is 23.9. The molecule has 0 aromatic heterocycles. The maximum atomic E-state index is 13.1. The molecular weight excluding hydrogens is 512 g/mol. The van der Waals surface area contributed by atoms with Gasteiger partial charge in [0.05, 0.1) is 17.7 Å². The monoisotopic (exact) mass is 536 g/mol. The molecule has 0 aliphatic carbocycles. The first-order valence-corrected chi connectivity index (χ1v) is 12.6. The van der Waals surface area contributed by atoms with Crippen LogP contribution in [0.2, 0.25) is 0 Å². The van der Waals surface area contributed by atoms with Crippen LogP contribution in [0.3, 0.4) is 0 Å². The third-order valence-electron chi connectivity index (χ3n) is 5.11. The minimum atomic E-state index is -0.0314. The number of para-hydroxylation sites is 1. The van der Waals surface area contributed by atoms with E-state index >= 15 is 0 Å². The van der Waals surface area contributed by atoms with Gasteiger partial charge < -0.3 is 9.47 Å². The molecule has 0 radical (unpaired) electrons. The Morgan fingerprint density at radius 2 is 1.79 bits per heavy atom. The van der Waals surface area contributed by atoms with Gasteiger partial charge in [-0.2, -0.15) is 0 Å². The number of aliphatic imine (C=N–C) groups is 1. The van der Waals surface area contributed by atoms with E-state index < -0.39 is 0 Å². The second-order valence-corrected chi connectivity index (χ2v) is 9.55. The third-order valence-corrected chi connectivity index (χ3v) is 6.64. The number of amides is 1. The first kappa shape index (κ1) is 24.1. The van der Waals surface area contributed by atoms with Gasteiger partial charge in [0, 0.05) is 11.0 Å². The molecule has 1 aliphatic rings. The lowest BCUT2D eigenvalue weighted by Crippen LogP contribution is -2.29. The predicted octanol–water partition coefficient (Wildman–Crippen LogP) is 7.05. The van der Waals surface area contributed by atoms with Gasteiger partial charge in [0.2, 0.25) is 0 Å². The van der Waals surface area contributed by atoms with Crippen molar-refractivity contribution in [1.82, 2.24) is 4.90 Å². The predicted molar refractivity (Wildman–Crippen MR) is 143 cm³/mol. The van der Waals surface area contributed by atoms with E-state index in [0.717, 1.165) is 27.7 Å². The van der Waals surface area contributed by atoms with Crippen LogP contribution in [-0.2, 0) is 11.4 Å². The number of thioether (sulfide) groups is 1. The van der Waals surface area contributed by atoms with E-state index in [2.05, 4.69) is 22.9 Å². The zero-order valence-corrected chi connectivity index (χ0v) is 21.4. The van der Waals surface area contributed by atoms with Gasteiger partial charge in [-0.3, -0.25) is 9.69 Å². The normalized spacial score (nSPS) is 15.9. The molecule has 34 heavy (non-hydrogen) atoms. The second-order valence-electron chi connectivity index (χ2n) is 7.62. The molecule has 1 aliphatic heterocycles. The molecule has 0 bridgehead atoms. The quantitative estimate of drug-likeness (QED) is 0.289. The number of carbonyl (C=O) groups is 1. The standard InChI is InChI=1S/C27H25BrN2O3S/c1-3-15-30-26(31)25(34-27(30)29-22-7-5-4-6-8-22)17-20-11-14-23(24(16-20)32-2)33-18-19-9-12-21(28)13-10-19/h4-14,16-17H,3,15,18H2,1-2H3/b25-17+,29-27?. The molecule has 0 atom stereocenters. The fourth-order valence-corrected chi connectivity index (χ4v) is 4.70. The summed E-state index contributed by atoms with van der Waals surface area (Å²) in [6, 6.07) is 23.4. The van der Waals surface area contributed by atoms with Crippen LogP contribution >= 0.6 is 27.7 Å². The van der Waals surface area contributed by atoms with Gasteiger partial charge in [-0.05, 0) is 71.8 Å². The van der Waals surface area contributed by atoms with E-state index in [0.29, 0.717) is 34.7 Å². The van der Waals surface area contributed by atoms with Gasteiger partial charge in [-0.15, -0.1) is 0 Å². The molecule has 1 amide bonds. The van der Waals surface area contributed by atoms with Crippen LogP contribution in [0.5, 0.6) is 11.5 Å². The molecule has 3 aromatic carbocycles. The Hall–Kier alpha value is -3.03. The van der Waals surface area contributed by atoms with E-state index in [9.17, 15) is 4.79 Å². The van der Waals surface area contributed by atoms with Crippen molar-refractivity contribution in [2.45, 2.75) is 20.0 Å². The SMILES string of the molecule is CCCN1C(=O)/C(=C\c2ccc(OCc3ccc(Br)cc3)c(OC)c2)SC1=Nc1ccccc1. The van der Waals surface area contributed by atoms with Crippen LogP contribution in [0.25, 0.3) is 6.08 Å². The zero-order valence-electron chi connectivity index (χ0n) is 19.0. The number of rotatable bonds is 8. The van der Waals surface area contributed by atoms with Gasteiger partial charge in [0.1, 0.15) is 6.61 Å². The average Bonchev–Trinajstić information content (AvgIpc) is 3.14. The molecule has 5 nitrogen and oxygen atoms in total. The molecule has 0 spiro atoms. The summed E-state index contributed by atoms with van der Waals surface area (Å²) in [5, 5.41) is 0.700. The molecule has 4 rings (SSSR count). The van der Waals surface area contributed by atoms with Crippen LogP contribution in [0.1, 0.15) is 24.5 Å². The lowest BCUT2D eigenvalue weighted by Gasteiger charge is -2.14. The Balaban J connectivity index is 1.54. The molecular formula is C27H25BrN2O3S. The number of halogens is 1. The summed E-state index contributed by atoms with van der Waals surface area (Å²) in [7, 11) is 1.61. The van der Waals surface area contributed by atoms with Crippen molar-refractivity contribution in [3.63, 3.8) is 0 Å². The van der Waals surface area contributed by atoms with Crippen molar-refractivity contribution in [3.05, 3.63) is 93.3 Å². The van der Waals surface area contributed by atoms with Crippen LogP contribution in [0, 0.1) is 0 Å². The lowest BCUT2D eigenvalue weighted by molar-refractivity contribution is -0.122. The summed E-state index contributed by atoms with van der Waals surface area (Å²) in [5.41, 5.74) is 2.75. The lowest BCUT2D eigenvalue weighted by atomic mass is 10.1. The highest BCUT2D eigenvalue weighted by Crippen LogP contribution is 2.36. The Bertz CT molecular complexity index is 1210. The smallest absolute Gasteiger partial charge is 0.266 e. The third kappa shape index (κ3) is 5.90. The fourth-order valence-electron chi connectivity index (χ4n) is 3.41. The minimum absolute atomic E-state index is 0.0314. The maximum absolute atomic E-state index is 13.1. The van der Waals surface area contributed by atoms with E-state index in [-0.39, 0.29) is 5.91 Å². The van der Waals surface area contributed by atoms with Gasteiger partial charge in [-0.25, -0.2) is 4.99 Å². The molecule has 0 N–H and O–H groups in total. The average molecular weight is 537 g/mol. The van der Waals surface area contributed by atoms with Gasteiger partial charge in [0.25, 0.3) is 5.91 Å². The highest BCUT2D eigenvalue weighted by Gasteiger charge is 2.32. The fraction of sp³-hybridized carbons (Fsp3) is 0.185. The Morgan fingerprint density at radius 3 is 2.50 bits per heavy atom. The molecule has 1 fully saturated rings. The van der Waals surface area contributed by atoms with E-state index in [1.165, 1.54) is 11.8 Å². The molecule has 174 valence electrons. The summed E-state index contributed by atoms with van der Waals surface area (Å²) in [5.74, 6) is 1.23. The van der Waals surface area contributed by atoms with Crippen molar-refractivity contribution >= 4 is 50.5 Å². The number of carbonyl (C=O) groups excluding carboxylic acids is 1. The number of methoxy groups -OCH3 is 1. The number of hydrogen-bond donors (Lipinski definition) is 0. The molecule has 7 heteroatoms. The summed E-state index contributed by atoms with van der Waals surface area (Å²) < 4.78 is 12.6. The van der Waals surface area contributed by atoms with Crippen molar-refractivity contribution in [2.75, 3.05) is 13.7 Å². The maximum Gasteiger partial charge on any atom is 0.266 e. The van der Waals surface area contributed by atoms with Gasteiger partial charge in [-0.1, -0.05) is 59.3 Å². The number of amidine groups is 1. The molecule has 0 unspecified atom stereocenters. The summed E-state index contributed by atoms with van der Waals surface area (Å²) in [4.78, 5) is 20.2. The number of benzene rings is 3. The topological polar surface area (TPSA) is 51.1 Å². The van der Waals surface area contributed by atoms with Gasteiger partial charge >= 0.3 is 0 Å². The van der Waals surface area contributed by atoms with E-state index in [4.69, 9.17) is 14.5 Å². The first-order chi connectivity index (χ1) is 16.6. The highest BCUT2D eigenvalue weighted by molar-refractivity contribution is 9.10. The number of ether oxygens (including phenoxy) is 2. The summed E-state index contributed by atoms with van der Waals surface area (Å²) >= 11 is 4.84. The molecule has 1 saturated heterocycles. The van der Waals surface area contributed by atoms with Crippen molar-refractivity contribution in [2.24, 2.45) is 4.99 Å². The second kappa shape index (κ2) is 11.4. The van der Waals surface area contributed by atoms with Gasteiger partial charge in [0.15, 0.2) is 16.7 Å². The largest absolute Gasteiger partial charge is 0.493 e. The summed E-state index contributed by atoms with van der Waals surface area (Å²) in [6.45, 7) is 3.11. The number of hydrogen-bond acceptors (Lipinski definition) is 5. The Morgan fingerprint density at radius 1 is 1.03 bits per heavy atom. The Labute approximate surface area is 212 Å². The number of nitrogens with zero attached hydrogens (tertiary/aromatic N) is 2. The van der Waals surface area contributed by atoms with Crippen LogP contribution in [-0.4, -0.2) is 29.6 Å². The minimum Gasteiger partial charge on any atom is -0.493 e. The molecule has 1 heterocycles. The Kier molecular flexibility index (Phi) is 8.08. The van der Waals surface area contributed by atoms with E-state index in [1.807, 2.05) is 78.9 Å². The van der Waals surface area contributed by atoms with Crippen LogP contribution < -0.4 is 9.47 Å². The van der Waals surface area contributed by atoms with Crippen molar-refractivity contribution in [1.29, 1.82) is 0 Å².